The van der Waals surface area contributed by atoms with Crippen molar-refractivity contribution in [3.8, 4) is 11.8 Å². The molecule has 0 fully saturated rings. The molecule has 27 heavy (non-hydrogen) atoms. The summed E-state index contributed by atoms with van der Waals surface area (Å²) < 4.78 is 71.1. The topological polar surface area (TPSA) is 139 Å². The molecular formula is C12H12F3N5O6S. The summed E-state index contributed by atoms with van der Waals surface area (Å²) in [6, 6.07) is 1.64. The third-order valence-corrected chi connectivity index (χ3v) is 4.67. The molecule has 2 rings (SSSR count). The van der Waals surface area contributed by atoms with Crippen molar-refractivity contribution in [1.82, 2.24) is 18.8 Å². The van der Waals surface area contributed by atoms with E-state index in [1.54, 1.807) is 0 Å². The van der Waals surface area contributed by atoms with Crippen LogP contribution in [0.25, 0.3) is 0 Å². The van der Waals surface area contributed by atoms with Crippen LogP contribution < -0.4 is 21.0 Å². The normalized spacial score (nSPS) is 11.9. The summed E-state index contributed by atoms with van der Waals surface area (Å²) in [4.78, 5) is 23.1. The monoisotopic (exact) mass is 411 g/mol. The number of nitrogens with two attached hydrogens (primary N) is 1. The zero-order chi connectivity index (χ0) is 20.6. The van der Waals surface area contributed by atoms with Crippen LogP contribution in [0.5, 0.6) is 11.8 Å². The van der Waals surface area contributed by atoms with Crippen molar-refractivity contribution in [3.05, 3.63) is 34.7 Å². The maximum atomic E-state index is 12.5. The van der Waals surface area contributed by atoms with E-state index in [1.807, 2.05) is 0 Å². The minimum absolute atomic E-state index is 0.0730. The number of aromatic nitrogens is 3. The van der Waals surface area contributed by atoms with E-state index < -0.39 is 43.2 Å². The first-order chi connectivity index (χ1) is 12.4. The number of benzene rings is 1. The number of hydrogen-bond donors (Lipinski definition) is 1. The number of alkyl halides is 3. The molecule has 0 aliphatic heterocycles. The molecule has 0 saturated carbocycles. The summed E-state index contributed by atoms with van der Waals surface area (Å²) >= 11 is 0. The second-order valence-electron chi connectivity index (χ2n) is 4.82. The van der Waals surface area contributed by atoms with Gasteiger partial charge in [-0.1, -0.05) is 12.1 Å². The van der Waals surface area contributed by atoms with Crippen LogP contribution in [0.15, 0.2) is 34.0 Å². The van der Waals surface area contributed by atoms with Crippen LogP contribution in [0, 0.1) is 0 Å². The highest BCUT2D eigenvalue weighted by atomic mass is 32.2. The lowest BCUT2D eigenvalue weighted by Crippen LogP contribution is -2.48. The van der Waals surface area contributed by atoms with Gasteiger partial charge in [0.2, 0.25) is 0 Å². The van der Waals surface area contributed by atoms with E-state index in [-0.39, 0.29) is 10.7 Å². The van der Waals surface area contributed by atoms with Gasteiger partial charge in [0.1, 0.15) is 10.6 Å². The van der Waals surface area contributed by atoms with E-state index in [1.165, 1.54) is 7.05 Å². The fourth-order valence-corrected chi connectivity index (χ4v) is 3.01. The molecule has 0 unspecified atom stereocenters. The van der Waals surface area contributed by atoms with Crippen LogP contribution in [-0.2, 0) is 17.1 Å². The number of para-hydroxylation sites is 1. The van der Waals surface area contributed by atoms with Crippen LogP contribution in [0.4, 0.5) is 18.0 Å². The largest absolute Gasteiger partial charge is 0.573 e. The number of carbonyl (C=O) groups is 1. The lowest BCUT2D eigenvalue weighted by Gasteiger charge is -2.18. The van der Waals surface area contributed by atoms with Crippen LogP contribution in [0.2, 0.25) is 0 Å². The summed E-state index contributed by atoms with van der Waals surface area (Å²) in [6.45, 7) is 0. The summed E-state index contributed by atoms with van der Waals surface area (Å²) in [6.07, 6.45) is -5.19. The summed E-state index contributed by atoms with van der Waals surface area (Å²) in [5, 5.41) is 3.44. The Bertz CT molecular complexity index is 1030. The standard InChI is InChI=1S/C12H12F3N5O6S/c1-18-9(25-2)17-19(10(18)21)11(22)20(16)27(23,24)8-6-4-3-5-7(8)26-12(13,14)15/h3-6H,16H2,1-2H3. The second-order valence-corrected chi connectivity index (χ2v) is 6.60. The Morgan fingerprint density at radius 3 is 2.41 bits per heavy atom. The molecule has 0 aliphatic carbocycles. The van der Waals surface area contributed by atoms with Crippen LogP contribution in [0.3, 0.4) is 0 Å². The van der Waals surface area contributed by atoms with E-state index in [9.17, 15) is 31.2 Å². The van der Waals surface area contributed by atoms with E-state index >= 15 is 0 Å². The molecule has 0 aliphatic rings. The highest BCUT2D eigenvalue weighted by Gasteiger charge is 2.37. The first kappa shape index (κ1) is 20.2. The van der Waals surface area contributed by atoms with E-state index in [0.717, 1.165) is 29.9 Å². The molecule has 0 atom stereocenters. The average molecular weight is 411 g/mol. The van der Waals surface area contributed by atoms with Gasteiger partial charge >= 0.3 is 24.1 Å². The Morgan fingerprint density at radius 2 is 1.89 bits per heavy atom. The zero-order valence-corrected chi connectivity index (χ0v) is 14.5. The Hall–Kier alpha value is -3.07. The Morgan fingerprint density at radius 1 is 1.30 bits per heavy atom. The summed E-state index contributed by atoms with van der Waals surface area (Å²) in [5.41, 5.74) is -1.10. The Labute approximate surface area is 149 Å². The van der Waals surface area contributed by atoms with Gasteiger partial charge in [0.25, 0.3) is 10.0 Å². The molecular weight excluding hydrogens is 399 g/mol. The van der Waals surface area contributed by atoms with E-state index in [2.05, 4.69) is 9.84 Å². The van der Waals surface area contributed by atoms with E-state index in [4.69, 9.17) is 10.6 Å². The molecule has 0 bridgehead atoms. The number of halogens is 3. The molecule has 2 aromatic rings. The highest BCUT2D eigenvalue weighted by Crippen LogP contribution is 2.30. The maximum absolute atomic E-state index is 12.5. The van der Waals surface area contributed by atoms with Gasteiger partial charge in [0.05, 0.1) is 7.11 Å². The van der Waals surface area contributed by atoms with Crippen LogP contribution in [-0.4, -0.2) is 46.7 Å². The van der Waals surface area contributed by atoms with Gasteiger partial charge in [0.15, 0.2) is 0 Å². The Kier molecular flexibility index (Phi) is 5.19. The molecule has 0 radical (unpaired) electrons. The van der Waals surface area contributed by atoms with Gasteiger partial charge in [-0.05, 0) is 12.1 Å². The van der Waals surface area contributed by atoms with Crippen LogP contribution in [0.1, 0.15) is 0 Å². The minimum atomic E-state index is -5.19. The second kappa shape index (κ2) is 6.92. The van der Waals surface area contributed by atoms with E-state index in [0.29, 0.717) is 6.07 Å². The quantitative estimate of drug-likeness (QED) is 0.422. The molecule has 0 spiro atoms. The fraction of sp³-hybridized carbons (Fsp3) is 0.250. The van der Waals surface area contributed by atoms with Crippen molar-refractivity contribution in [2.75, 3.05) is 7.11 Å². The first-order valence-corrected chi connectivity index (χ1v) is 8.23. The predicted octanol–water partition coefficient (Wildman–Crippen LogP) is 0.0217. The third-order valence-electron chi connectivity index (χ3n) is 3.10. The number of amides is 1. The van der Waals surface area contributed by atoms with Crippen LogP contribution >= 0.6 is 0 Å². The molecule has 2 N–H and O–H groups in total. The molecule has 15 heteroatoms. The highest BCUT2D eigenvalue weighted by molar-refractivity contribution is 7.89. The number of sulfonamides is 1. The van der Waals surface area contributed by atoms with Crippen molar-refractivity contribution < 1.29 is 35.9 Å². The summed E-state index contributed by atoms with van der Waals surface area (Å²) in [5.74, 6) is 4.16. The van der Waals surface area contributed by atoms with Crippen molar-refractivity contribution in [1.29, 1.82) is 0 Å². The molecule has 1 heterocycles. The number of hydrogen-bond acceptors (Lipinski definition) is 8. The number of methoxy groups -OCH3 is 1. The summed E-state index contributed by atoms with van der Waals surface area (Å²) in [7, 11) is -2.71. The van der Waals surface area contributed by atoms with Gasteiger partial charge in [-0.2, -0.15) is 8.42 Å². The lowest BCUT2D eigenvalue weighted by atomic mass is 10.3. The maximum Gasteiger partial charge on any atom is 0.573 e. The van der Waals surface area contributed by atoms with Gasteiger partial charge in [0, 0.05) is 7.05 Å². The molecule has 1 aromatic carbocycles. The number of nitrogens with zero attached hydrogens (tertiary/aromatic N) is 4. The molecule has 1 aromatic heterocycles. The average Bonchev–Trinajstić information content (AvgIpc) is 2.87. The van der Waals surface area contributed by atoms with Crippen molar-refractivity contribution in [2.24, 2.45) is 12.9 Å². The third kappa shape index (κ3) is 3.87. The van der Waals surface area contributed by atoms with Gasteiger partial charge in [-0.15, -0.1) is 27.4 Å². The van der Waals surface area contributed by atoms with Crippen molar-refractivity contribution in [2.45, 2.75) is 11.3 Å². The van der Waals surface area contributed by atoms with Gasteiger partial charge < -0.3 is 9.47 Å². The first-order valence-electron chi connectivity index (χ1n) is 6.79. The minimum Gasteiger partial charge on any atom is -0.467 e. The van der Waals surface area contributed by atoms with Gasteiger partial charge in [-0.3, -0.25) is 0 Å². The molecule has 0 saturated heterocycles. The smallest absolute Gasteiger partial charge is 0.467 e. The SMILES string of the molecule is COc1nn(C(=O)N(N)S(=O)(=O)c2ccccc2OC(F)(F)F)c(=O)n1C. The number of hydrazine groups is 1. The number of rotatable bonds is 4. The Balaban J connectivity index is 2.49. The number of ether oxygens (including phenoxy) is 2. The molecule has 1 amide bonds. The van der Waals surface area contributed by atoms with Crippen molar-refractivity contribution in [3.63, 3.8) is 0 Å². The lowest BCUT2D eigenvalue weighted by molar-refractivity contribution is -0.275. The zero-order valence-electron chi connectivity index (χ0n) is 13.7. The fourth-order valence-electron chi connectivity index (χ4n) is 1.90. The van der Waals surface area contributed by atoms with Crippen molar-refractivity contribution >= 4 is 16.1 Å². The predicted molar refractivity (Wildman–Crippen MR) is 81.2 cm³/mol. The molecule has 148 valence electrons. The number of carbonyl (C=O) groups excluding carboxylic acids is 1. The molecule has 11 nitrogen and oxygen atoms in total. The van der Waals surface area contributed by atoms with Gasteiger partial charge in [-0.25, -0.2) is 20.0 Å².